The van der Waals surface area contributed by atoms with Crippen molar-refractivity contribution >= 4 is 15.8 Å². The first-order valence-electron chi connectivity index (χ1n) is 9.47. The second kappa shape index (κ2) is 5.67. The molecule has 5 rings (SSSR count). The molecule has 4 saturated carbocycles. The lowest BCUT2D eigenvalue weighted by Crippen LogP contribution is -2.46. The summed E-state index contributed by atoms with van der Waals surface area (Å²) in [5.41, 5.74) is 4.88. The van der Waals surface area contributed by atoms with Crippen LogP contribution in [0.4, 0.5) is 0 Å². The average molecular weight is 311 g/mol. The highest BCUT2D eigenvalue weighted by Crippen LogP contribution is 2.64. The van der Waals surface area contributed by atoms with Crippen molar-refractivity contribution in [1.29, 1.82) is 0 Å². The van der Waals surface area contributed by atoms with Gasteiger partial charge in [0.15, 0.2) is 0 Å². The van der Waals surface area contributed by atoms with E-state index in [1.807, 2.05) is 0 Å². The first-order chi connectivity index (χ1) is 10.7. The van der Waals surface area contributed by atoms with Crippen molar-refractivity contribution < 1.29 is 0 Å². The van der Waals surface area contributed by atoms with Crippen LogP contribution >= 0.6 is 0 Å². The van der Waals surface area contributed by atoms with Crippen molar-refractivity contribution in [1.82, 2.24) is 0 Å². The van der Waals surface area contributed by atoms with Gasteiger partial charge in [-0.05, 0) is 84.8 Å². The van der Waals surface area contributed by atoms with Gasteiger partial charge in [-0.15, -0.1) is 0 Å². The molecule has 0 spiro atoms. The predicted octanol–water partition coefficient (Wildman–Crippen LogP) is 4.63. The van der Waals surface area contributed by atoms with Gasteiger partial charge in [-0.2, -0.15) is 0 Å². The summed E-state index contributed by atoms with van der Waals surface area (Å²) in [6.45, 7) is 4.61. The van der Waals surface area contributed by atoms with Crippen LogP contribution in [0.15, 0.2) is 30.8 Å². The Balaban J connectivity index is 1.54. The molecule has 0 amide bonds. The first-order valence-corrected chi connectivity index (χ1v) is 10.9. The van der Waals surface area contributed by atoms with E-state index in [0.29, 0.717) is 5.41 Å². The Bertz CT molecular complexity index is 518. The maximum atomic E-state index is 4.61. The highest BCUT2D eigenvalue weighted by molar-refractivity contribution is 6.08. The van der Waals surface area contributed by atoms with Gasteiger partial charge >= 0.3 is 0 Å². The smallest absolute Gasteiger partial charge is 0.00281 e. The molecule has 0 saturated heterocycles. The van der Waals surface area contributed by atoms with Crippen LogP contribution in [0.25, 0.3) is 5.57 Å². The molecule has 0 aromatic heterocycles. The number of aryl methyl sites for hydroxylation is 1. The van der Waals surface area contributed by atoms with Gasteiger partial charge in [-0.1, -0.05) is 43.3 Å². The third-order valence-electron chi connectivity index (χ3n) is 6.80. The third-order valence-corrected chi connectivity index (χ3v) is 7.51. The number of allylic oxidation sites excluding steroid dienone is 1. The van der Waals surface area contributed by atoms with Crippen LogP contribution in [0.5, 0.6) is 0 Å². The second-order valence-electron chi connectivity index (χ2n) is 8.48. The van der Waals surface area contributed by atoms with Crippen LogP contribution in [-0.4, -0.2) is 10.2 Å². The molecular formula is C21H30Si. The quantitative estimate of drug-likeness (QED) is 0.695. The lowest BCUT2D eigenvalue weighted by molar-refractivity contribution is -0.0176. The highest BCUT2D eigenvalue weighted by atomic mass is 28.1. The molecule has 0 nitrogen and oxygen atoms in total. The molecule has 0 aliphatic heterocycles. The summed E-state index contributed by atoms with van der Waals surface area (Å²) in [6, 6.07) is 10.9. The summed E-state index contributed by atoms with van der Waals surface area (Å²) in [5.74, 6) is 3.03. The Hall–Kier alpha value is -0.823. The minimum atomic E-state index is 0.464. The maximum absolute atomic E-state index is 4.61. The van der Waals surface area contributed by atoms with Gasteiger partial charge in [0.05, 0.1) is 0 Å². The molecule has 0 unspecified atom stereocenters. The van der Waals surface area contributed by atoms with Gasteiger partial charge in [-0.25, -0.2) is 0 Å². The molecule has 0 atom stereocenters. The lowest BCUT2D eigenvalue weighted by Gasteiger charge is -2.57. The van der Waals surface area contributed by atoms with Crippen LogP contribution < -0.4 is 0 Å². The van der Waals surface area contributed by atoms with E-state index >= 15 is 0 Å². The zero-order chi connectivity index (χ0) is 15.2. The number of hydrogen-bond donors (Lipinski definition) is 0. The fraction of sp³-hybridized carbons (Fsp3) is 0.619. The molecule has 0 heterocycles. The average Bonchev–Trinajstić information content (AvgIpc) is 2.51. The van der Waals surface area contributed by atoms with E-state index in [0.717, 1.165) is 17.8 Å². The Morgan fingerprint density at radius 2 is 1.55 bits per heavy atom. The molecule has 1 heteroatoms. The molecule has 0 N–H and O–H groups in total. The van der Waals surface area contributed by atoms with Crippen LogP contribution in [0.2, 0.25) is 6.04 Å². The Kier molecular flexibility index (Phi) is 3.80. The molecule has 4 aliphatic carbocycles. The highest BCUT2D eigenvalue weighted by Gasteiger charge is 2.52. The van der Waals surface area contributed by atoms with Crippen LogP contribution in [0.3, 0.4) is 0 Å². The van der Waals surface area contributed by atoms with Crippen LogP contribution in [0.1, 0.15) is 56.1 Å². The van der Waals surface area contributed by atoms with Gasteiger partial charge in [0.1, 0.15) is 0 Å². The lowest BCUT2D eigenvalue weighted by atomic mass is 9.47. The van der Waals surface area contributed by atoms with E-state index in [2.05, 4.69) is 30.8 Å². The summed E-state index contributed by atoms with van der Waals surface area (Å²) < 4.78 is 0. The number of benzene rings is 1. The molecule has 4 aliphatic rings. The molecule has 1 aromatic carbocycles. The van der Waals surface area contributed by atoms with Crippen molar-refractivity contribution in [2.24, 2.45) is 23.2 Å². The van der Waals surface area contributed by atoms with E-state index in [9.17, 15) is 0 Å². The Morgan fingerprint density at radius 3 is 2.05 bits per heavy atom. The fourth-order valence-electron chi connectivity index (χ4n) is 6.04. The first kappa shape index (κ1) is 14.7. The van der Waals surface area contributed by atoms with E-state index < -0.39 is 0 Å². The zero-order valence-electron chi connectivity index (χ0n) is 14.1. The molecule has 4 fully saturated rings. The van der Waals surface area contributed by atoms with Crippen LogP contribution in [0, 0.1) is 23.2 Å². The van der Waals surface area contributed by atoms with Crippen molar-refractivity contribution in [2.45, 2.75) is 57.4 Å². The third kappa shape index (κ3) is 2.52. The van der Waals surface area contributed by atoms with E-state index in [1.165, 1.54) is 84.4 Å². The largest absolute Gasteiger partial charge is 0.0947 e. The van der Waals surface area contributed by atoms with Gasteiger partial charge in [0.25, 0.3) is 0 Å². The number of rotatable bonds is 5. The Morgan fingerprint density at radius 1 is 1.00 bits per heavy atom. The zero-order valence-corrected chi connectivity index (χ0v) is 16.1. The molecule has 0 radical (unpaired) electrons. The van der Waals surface area contributed by atoms with Crippen molar-refractivity contribution in [3.8, 4) is 0 Å². The summed E-state index contributed by atoms with van der Waals surface area (Å²) in [4.78, 5) is 0. The molecule has 22 heavy (non-hydrogen) atoms. The summed E-state index contributed by atoms with van der Waals surface area (Å²) in [5, 5.41) is 0. The van der Waals surface area contributed by atoms with E-state index in [4.69, 9.17) is 0 Å². The molecule has 4 bridgehead atoms. The second-order valence-corrected chi connectivity index (χ2v) is 9.48. The van der Waals surface area contributed by atoms with E-state index in [-0.39, 0.29) is 0 Å². The SMILES string of the molecule is C=C(c1ccc(CCC[SiH3])cc1)C12CC3CC(CC(C3)C1)C2. The summed E-state index contributed by atoms with van der Waals surface area (Å²) in [7, 11) is 1.34. The minimum Gasteiger partial charge on any atom is -0.0947 e. The number of hydrogen-bond acceptors (Lipinski definition) is 0. The van der Waals surface area contributed by atoms with Crippen molar-refractivity contribution in [2.75, 3.05) is 0 Å². The predicted molar refractivity (Wildman–Crippen MR) is 99.1 cm³/mol. The van der Waals surface area contributed by atoms with Gasteiger partial charge < -0.3 is 0 Å². The minimum absolute atomic E-state index is 0.464. The van der Waals surface area contributed by atoms with Crippen molar-refractivity contribution in [3.05, 3.63) is 42.0 Å². The fourth-order valence-corrected chi connectivity index (χ4v) is 6.39. The van der Waals surface area contributed by atoms with Gasteiger partial charge in [0.2, 0.25) is 0 Å². The molecule has 118 valence electrons. The molecule has 1 aromatic rings. The monoisotopic (exact) mass is 310 g/mol. The summed E-state index contributed by atoms with van der Waals surface area (Å²) >= 11 is 0. The van der Waals surface area contributed by atoms with Crippen molar-refractivity contribution in [3.63, 3.8) is 0 Å². The summed E-state index contributed by atoms with van der Waals surface area (Å²) in [6.07, 6.45) is 11.5. The van der Waals surface area contributed by atoms with E-state index in [1.54, 1.807) is 0 Å². The normalized spacial score (nSPS) is 35.9. The standard InChI is InChI=1S/C21H30Si/c1-15(20-6-4-16(5-7-20)3-2-8-22)21-12-17-9-18(13-21)11-19(10-17)14-21/h4-7,17-19H,1-3,8-14H2,22H3. The topological polar surface area (TPSA) is 0 Å². The maximum Gasteiger partial charge on any atom is 0.00281 e. The Labute approximate surface area is 138 Å². The van der Waals surface area contributed by atoms with Gasteiger partial charge in [-0.3, -0.25) is 0 Å². The molecular weight excluding hydrogens is 280 g/mol. The van der Waals surface area contributed by atoms with Crippen LogP contribution in [-0.2, 0) is 6.42 Å². The van der Waals surface area contributed by atoms with Gasteiger partial charge in [0, 0.05) is 10.2 Å².